The highest BCUT2D eigenvalue weighted by Gasteiger charge is 2.37. The fourth-order valence-corrected chi connectivity index (χ4v) is 2.68. The predicted octanol–water partition coefficient (Wildman–Crippen LogP) is 2.11. The Morgan fingerprint density at radius 2 is 2.06 bits per heavy atom. The monoisotopic (exact) mass is 249 g/mol. The molecule has 18 heavy (non-hydrogen) atoms. The highest BCUT2D eigenvalue weighted by atomic mass is 16.4. The van der Waals surface area contributed by atoms with Gasteiger partial charge < -0.3 is 10.2 Å². The largest absolute Gasteiger partial charge is 0.508 e. The molecule has 0 saturated carbocycles. The molecule has 0 amide bonds. The molecular formula is C14H19NO3. The fourth-order valence-electron chi connectivity index (χ4n) is 2.68. The van der Waals surface area contributed by atoms with Gasteiger partial charge in [0, 0.05) is 24.7 Å². The summed E-state index contributed by atoms with van der Waals surface area (Å²) < 4.78 is 0. The lowest BCUT2D eigenvalue weighted by atomic mass is 9.99. The lowest BCUT2D eigenvalue weighted by Crippen LogP contribution is -2.26. The van der Waals surface area contributed by atoms with Crippen LogP contribution in [0.2, 0.25) is 0 Å². The molecule has 1 saturated heterocycles. The highest BCUT2D eigenvalue weighted by molar-refractivity contribution is 5.71. The highest BCUT2D eigenvalue weighted by Crippen LogP contribution is 2.34. The lowest BCUT2D eigenvalue weighted by Gasteiger charge is -2.25. The lowest BCUT2D eigenvalue weighted by molar-refractivity contribution is -0.142. The first-order valence-electron chi connectivity index (χ1n) is 6.25. The van der Waals surface area contributed by atoms with Gasteiger partial charge in [-0.3, -0.25) is 9.69 Å². The Labute approximate surface area is 107 Å². The third kappa shape index (κ3) is 2.34. The van der Waals surface area contributed by atoms with Crippen LogP contribution in [0, 0.1) is 11.8 Å². The number of carbonyl (C=O) groups is 1. The molecule has 2 rings (SSSR count). The topological polar surface area (TPSA) is 60.8 Å². The Morgan fingerprint density at radius 1 is 1.39 bits per heavy atom. The molecule has 1 heterocycles. The maximum absolute atomic E-state index is 11.1. The SMILES string of the molecule is CC(c1ccccc1O)N1C[C@@H](C)[C@H](C(=O)O)C1. The van der Waals surface area contributed by atoms with Gasteiger partial charge in [0.2, 0.25) is 0 Å². The normalized spacial score (nSPS) is 26.1. The van der Waals surface area contributed by atoms with Crippen molar-refractivity contribution in [1.29, 1.82) is 0 Å². The van der Waals surface area contributed by atoms with E-state index in [2.05, 4.69) is 4.90 Å². The van der Waals surface area contributed by atoms with Crippen molar-refractivity contribution in [3.05, 3.63) is 29.8 Å². The van der Waals surface area contributed by atoms with E-state index in [1.807, 2.05) is 26.0 Å². The summed E-state index contributed by atoms with van der Waals surface area (Å²) in [6.07, 6.45) is 0. The van der Waals surface area contributed by atoms with Gasteiger partial charge in [0.25, 0.3) is 0 Å². The summed E-state index contributed by atoms with van der Waals surface area (Å²) in [4.78, 5) is 13.2. The molecular weight excluding hydrogens is 230 g/mol. The Balaban J connectivity index is 2.14. The van der Waals surface area contributed by atoms with Gasteiger partial charge in [0.05, 0.1) is 5.92 Å². The van der Waals surface area contributed by atoms with Crippen LogP contribution in [-0.4, -0.2) is 34.2 Å². The number of likely N-dealkylation sites (tertiary alicyclic amines) is 1. The Bertz CT molecular complexity index is 446. The first-order valence-corrected chi connectivity index (χ1v) is 6.25. The van der Waals surface area contributed by atoms with Crippen LogP contribution in [0.15, 0.2) is 24.3 Å². The number of phenolic OH excluding ortho intramolecular Hbond substituents is 1. The van der Waals surface area contributed by atoms with E-state index in [-0.39, 0.29) is 23.6 Å². The van der Waals surface area contributed by atoms with Crippen molar-refractivity contribution >= 4 is 5.97 Å². The van der Waals surface area contributed by atoms with Gasteiger partial charge in [-0.15, -0.1) is 0 Å². The summed E-state index contributed by atoms with van der Waals surface area (Å²) in [5.41, 5.74) is 0.857. The second-order valence-corrected chi connectivity index (χ2v) is 5.11. The van der Waals surface area contributed by atoms with Gasteiger partial charge in [-0.05, 0) is 18.9 Å². The zero-order valence-electron chi connectivity index (χ0n) is 10.7. The Kier molecular flexibility index (Phi) is 3.57. The van der Waals surface area contributed by atoms with Crippen LogP contribution in [0.3, 0.4) is 0 Å². The summed E-state index contributed by atoms with van der Waals surface area (Å²) in [6.45, 7) is 5.28. The van der Waals surface area contributed by atoms with Crippen LogP contribution in [0.4, 0.5) is 0 Å². The molecule has 4 heteroatoms. The zero-order valence-corrected chi connectivity index (χ0v) is 10.7. The molecule has 1 unspecified atom stereocenters. The van der Waals surface area contributed by atoms with E-state index in [0.717, 1.165) is 12.1 Å². The van der Waals surface area contributed by atoms with E-state index in [4.69, 9.17) is 5.11 Å². The van der Waals surface area contributed by atoms with Gasteiger partial charge in [-0.2, -0.15) is 0 Å². The molecule has 3 atom stereocenters. The maximum Gasteiger partial charge on any atom is 0.308 e. The van der Waals surface area contributed by atoms with Gasteiger partial charge in [-0.25, -0.2) is 0 Å². The first kappa shape index (κ1) is 12.9. The molecule has 98 valence electrons. The maximum atomic E-state index is 11.1. The second kappa shape index (κ2) is 4.98. The summed E-state index contributed by atoms with van der Waals surface area (Å²) in [6, 6.07) is 7.27. The molecule has 0 spiro atoms. The van der Waals surface area contributed by atoms with Gasteiger partial charge in [-0.1, -0.05) is 25.1 Å². The van der Waals surface area contributed by atoms with E-state index in [0.29, 0.717) is 6.54 Å². The first-order chi connectivity index (χ1) is 8.50. The van der Waals surface area contributed by atoms with Crippen molar-refractivity contribution < 1.29 is 15.0 Å². The van der Waals surface area contributed by atoms with Gasteiger partial charge >= 0.3 is 5.97 Å². The summed E-state index contributed by atoms with van der Waals surface area (Å²) in [5.74, 6) is -0.611. The van der Waals surface area contributed by atoms with E-state index < -0.39 is 5.97 Å². The van der Waals surface area contributed by atoms with Crippen molar-refractivity contribution in [2.75, 3.05) is 13.1 Å². The number of nitrogens with zero attached hydrogens (tertiary/aromatic N) is 1. The summed E-state index contributed by atoms with van der Waals surface area (Å²) in [5, 5.41) is 19.0. The number of aliphatic carboxylic acids is 1. The third-order valence-electron chi connectivity index (χ3n) is 3.89. The number of carboxylic acid groups (broad SMARTS) is 1. The molecule has 0 aliphatic carbocycles. The zero-order chi connectivity index (χ0) is 13.3. The van der Waals surface area contributed by atoms with E-state index in [1.54, 1.807) is 12.1 Å². The van der Waals surface area contributed by atoms with Gasteiger partial charge in [0.15, 0.2) is 0 Å². The predicted molar refractivity (Wildman–Crippen MR) is 68.4 cm³/mol. The van der Waals surface area contributed by atoms with Crippen LogP contribution in [-0.2, 0) is 4.79 Å². The van der Waals surface area contributed by atoms with Crippen LogP contribution in [0.1, 0.15) is 25.5 Å². The second-order valence-electron chi connectivity index (χ2n) is 5.11. The number of benzene rings is 1. The van der Waals surface area contributed by atoms with Crippen molar-refractivity contribution in [3.8, 4) is 5.75 Å². The van der Waals surface area contributed by atoms with Crippen LogP contribution in [0.5, 0.6) is 5.75 Å². The average molecular weight is 249 g/mol. The molecule has 1 fully saturated rings. The van der Waals surface area contributed by atoms with E-state index in [9.17, 15) is 9.90 Å². The minimum Gasteiger partial charge on any atom is -0.508 e. The molecule has 1 aliphatic rings. The van der Waals surface area contributed by atoms with Crippen LogP contribution < -0.4 is 0 Å². The molecule has 0 radical (unpaired) electrons. The molecule has 1 aromatic carbocycles. The molecule has 4 nitrogen and oxygen atoms in total. The number of phenols is 1. The molecule has 0 aromatic heterocycles. The molecule has 1 aliphatic heterocycles. The van der Waals surface area contributed by atoms with Crippen molar-refractivity contribution in [1.82, 2.24) is 4.90 Å². The molecule has 0 bridgehead atoms. The molecule has 1 aromatic rings. The summed E-state index contributed by atoms with van der Waals surface area (Å²) >= 11 is 0. The number of aromatic hydroxyl groups is 1. The number of para-hydroxylation sites is 1. The number of hydrogen-bond donors (Lipinski definition) is 2. The average Bonchev–Trinajstić information content (AvgIpc) is 2.71. The Hall–Kier alpha value is -1.55. The minimum absolute atomic E-state index is 0.0398. The van der Waals surface area contributed by atoms with Crippen LogP contribution >= 0.6 is 0 Å². The summed E-state index contributed by atoms with van der Waals surface area (Å²) in [7, 11) is 0. The number of hydrogen-bond acceptors (Lipinski definition) is 3. The quantitative estimate of drug-likeness (QED) is 0.861. The van der Waals surface area contributed by atoms with Gasteiger partial charge in [0.1, 0.15) is 5.75 Å². The number of carboxylic acids is 1. The van der Waals surface area contributed by atoms with Crippen molar-refractivity contribution in [2.24, 2.45) is 11.8 Å². The third-order valence-corrected chi connectivity index (χ3v) is 3.89. The Morgan fingerprint density at radius 3 is 2.61 bits per heavy atom. The van der Waals surface area contributed by atoms with Crippen molar-refractivity contribution in [2.45, 2.75) is 19.9 Å². The van der Waals surface area contributed by atoms with Crippen molar-refractivity contribution in [3.63, 3.8) is 0 Å². The van der Waals surface area contributed by atoms with E-state index in [1.165, 1.54) is 0 Å². The standard InChI is InChI=1S/C14H19NO3/c1-9-7-15(8-12(9)14(17)18)10(2)11-5-3-4-6-13(11)16/h3-6,9-10,12,16H,7-8H2,1-2H3,(H,17,18)/t9-,10?,12-/m1/s1. The van der Waals surface area contributed by atoms with Crippen LogP contribution in [0.25, 0.3) is 0 Å². The number of rotatable bonds is 3. The fraction of sp³-hybridized carbons (Fsp3) is 0.500. The smallest absolute Gasteiger partial charge is 0.308 e. The van der Waals surface area contributed by atoms with E-state index >= 15 is 0 Å². The minimum atomic E-state index is -0.727. The molecule has 2 N–H and O–H groups in total.